The minimum absolute atomic E-state index is 0.0193. The number of carbonyl (C=O) groups excluding carboxylic acids is 1. The average molecular weight is 322 g/mol. The number of amides is 1. The molecule has 1 amide bonds. The highest BCUT2D eigenvalue weighted by Gasteiger charge is 2.24. The Kier molecular flexibility index (Phi) is 4.34. The minimum atomic E-state index is -0.161. The summed E-state index contributed by atoms with van der Waals surface area (Å²) < 4.78 is 0. The number of hydrogen-bond acceptors (Lipinski definition) is 5. The number of carbonyl (C=O) groups is 1. The topological polar surface area (TPSA) is 80.5 Å². The van der Waals surface area contributed by atoms with Gasteiger partial charge in [-0.2, -0.15) is 5.26 Å². The Morgan fingerprint density at radius 1 is 1.21 bits per heavy atom. The van der Waals surface area contributed by atoms with Crippen LogP contribution in [0, 0.1) is 18.3 Å². The largest absolute Gasteiger partial charge is 0.507 e. The number of aryl methyl sites for hydroxylation is 1. The second-order valence-corrected chi connectivity index (χ2v) is 5.81. The van der Waals surface area contributed by atoms with E-state index in [1.807, 2.05) is 13.0 Å². The lowest BCUT2D eigenvalue weighted by Crippen LogP contribution is -2.49. The third kappa shape index (κ3) is 3.15. The standard InChI is InChI=1S/C18H18N4O2/c1-13-2-3-15(16(23)10-13)18(24)22-8-6-21(7-9-22)17-11-14(12-19)4-5-20-17/h2-5,10-11,23H,6-9H2,1H3. The van der Waals surface area contributed by atoms with Crippen molar-refractivity contribution in [2.45, 2.75) is 6.92 Å². The van der Waals surface area contributed by atoms with Crippen molar-refractivity contribution in [3.05, 3.63) is 53.2 Å². The first-order valence-corrected chi connectivity index (χ1v) is 7.78. The number of nitriles is 1. The molecule has 1 aliphatic rings. The van der Waals surface area contributed by atoms with E-state index < -0.39 is 0 Å². The van der Waals surface area contributed by atoms with E-state index >= 15 is 0 Å². The number of aromatic nitrogens is 1. The highest BCUT2D eigenvalue weighted by molar-refractivity contribution is 5.97. The van der Waals surface area contributed by atoms with Crippen molar-refractivity contribution < 1.29 is 9.90 Å². The lowest BCUT2D eigenvalue weighted by molar-refractivity contribution is 0.0743. The summed E-state index contributed by atoms with van der Waals surface area (Å²) in [6, 6.07) is 10.6. The van der Waals surface area contributed by atoms with Gasteiger partial charge < -0.3 is 14.9 Å². The molecule has 24 heavy (non-hydrogen) atoms. The number of phenols is 1. The fraction of sp³-hybridized carbons (Fsp3) is 0.278. The van der Waals surface area contributed by atoms with Crippen molar-refractivity contribution in [2.75, 3.05) is 31.1 Å². The highest BCUT2D eigenvalue weighted by atomic mass is 16.3. The quantitative estimate of drug-likeness (QED) is 0.914. The van der Waals surface area contributed by atoms with Gasteiger partial charge in [-0.05, 0) is 36.8 Å². The molecule has 6 nitrogen and oxygen atoms in total. The minimum Gasteiger partial charge on any atom is -0.507 e. The second kappa shape index (κ2) is 6.59. The first kappa shape index (κ1) is 15.8. The van der Waals surface area contributed by atoms with Gasteiger partial charge >= 0.3 is 0 Å². The summed E-state index contributed by atoms with van der Waals surface area (Å²) in [5.74, 6) is 0.607. The van der Waals surface area contributed by atoms with Gasteiger partial charge in [0.25, 0.3) is 5.91 Å². The Morgan fingerprint density at radius 3 is 2.62 bits per heavy atom. The Labute approximate surface area is 140 Å². The average Bonchev–Trinajstić information content (AvgIpc) is 2.61. The van der Waals surface area contributed by atoms with Gasteiger partial charge in [-0.1, -0.05) is 6.07 Å². The number of phenolic OH excluding ortho intramolecular Hbond substituents is 1. The van der Waals surface area contributed by atoms with E-state index in [1.165, 1.54) is 0 Å². The fourth-order valence-corrected chi connectivity index (χ4v) is 2.79. The molecule has 0 bridgehead atoms. The molecular weight excluding hydrogens is 304 g/mol. The van der Waals surface area contributed by atoms with Gasteiger partial charge in [0.2, 0.25) is 0 Å². The van der Waals surface area contributed by atoms with E-state index in [0.29, 0.717) is 37.3 Å². The number of pyridine rings is 1. The van der Waals surface area contributed by atoms with E-state index in [2.05, 4.69) is 16.0 Å². The number of piperazine rings is 1. The second-order valence-electron chi connectivity index (χ2n) is 5.81. The van der Waals surface area contributed by atoms with E-state index in [-0.39, 0.29) is 11.7 Å². The van der Waals surface area contributed by atoms with Crippen molar-refractivity contribution >= 4 is 11.7 Å². The monoisotopic (exact) mass is 322 g/mol. The van der Waals surface area contributed by atoms with E-state index in [0.717, 1.165) is 11.4 Å². The van der Waals surface area contributed by atoms with Crippen LogP contribution in [0.15, 0.2) is 36.5 Å². The molecular formula is C18H18N4O2. The molecule has 1 saturated heterocycles. The van der Waals surface area contributed by atoms with Gasteiger partial charge in [0.05, 0.1) is 17.2 Å². The zero-order valence-electron chi connectivity index (χ0n) is 13.4. The molecule has 6 heteroatoms. The zero-order valence-corrected chi connectivity index (χ0v) is 13.4. The Morgan fingerprint density at radius 2 is 1.96 bits per heavy atom. The van der Waals surface area contributed by atoms with Crippen molar-refractivity contribution in [3.8, 4) is 11.8 Å². The maximum absolute atomic E-state index is 12.6. The summed E-state index contributed by atoms with van der Waals surface area (Å²) >= 11 is 0. The number of hydrogen-bond donors (Lipinski definition) is 1. The maximum atomic E-state index is 12.6. The van der Waals surface area contributed by atoms with Crippen LogP contribution in [0.5, 0.6) is 5.75 Å². The van der Waals surface area contributed by atoms with Crippen LogP contribution in [0.1, 0.15) is 21.5 Å². The summed E-state index contributed by atoms with van der Waals surface area (Å²) in [7, 11) is 0. The number of anilines is 1. The molecule has 1 aromatic carbocycles. The lowest BCUT2D eigenvalue weighted by atomic mass is 10.1. The number of rotatable bonds is 2. The molecule has 0 aliphatic carbocycles. The number of benzene rings is 1. The van der Waals surface area contributed by atoms with E-state index in [1.54, 1.807) is 35.4 Å². The summed E-state index contributed by atoms with van der Waals surface area (Å²) in [6.45, 7) is 4.24. The first-order valence-electron chi connectivity index (χ1n) is 7.78. The smallest absolute Gasteiger partial charge is 0.257 e. The van der Waals surface area contributed by atoms with Gasteiger partial charge in [-0.25, -0.2) is 4.98 Å². The molecule has 0 saturated carbocycles. The van der Waals surface area contributed by atoms with Crippen LogP contribution in [0.2, 0.25) is 0 Å². The van der Waals surface area contributed by atoms with E-state index in [9.17, 15) is 9.90 Å². The van der Waals surface area contributed by atoms with Crippen molar-refractivity contribution in [1.29, 1.82) is 5.26 Å². The maximum Gasteiger partial charge on any atom is 0.257 e. The molecule has 0 unspecified atom stereocenters. The van der Waals surface area contributed by atoms with Crippen LogP contribution < -0.4 is 4.90 Å². The number of nitrogens with zero attached hydrogens (tertiary/aromatic N) is 4. The molecule has 3 rings (SSSR count). The normalized spacial score (nSPS) is 14.3. The molecule has 2 heterocycles. The molecule has 0 atom stereocenters. The van der Waals surface area contributed by atoms with Gasteiger partial charge in [0.15, 0.2) is 0 Å². The van der Waals surface area contributed by atoms with Crippen molar-refractivity contribution in [3.63, 3.8) is 0 Å². The van der Waals surface area contributed by atoms with Crippen molar-refractivity contribution in [2.24, 2.45) is 0 Å². The molecule has 1 fully saturated rings. The zero-order chi connectivity index (χ0) is 17.1. The van der Waals surface area contributed by atoms with Crippen LogP contribution in [-0.4, -0.2) is 47.1 Å². The SMILES string of the molecule is Cc1ccc(C(=O)N2CCN(c3cc(C#N)ccn3)CC2)c(O)c1. The third-order valence-corrected chi connectivity index (χ3v) is 4.15. The van der Waals surface area contributed by atoms with E-state index in [4.69, 9.17) is 5.26 Å². The summed E-state index contributed by atoms with van der Waals surface area (Å²) in [5, 5.41) is 19.0. The van der Waals surface area contributed by atoms with Crippen LogP contribution in [0.4, 0.5) is 5.82 Å². The summed E-state index contributed by atoms with van der Waals surface area (Å²) in [6.07, 6.45) is 1.62. The fourth-order valence-electron chi connectivity index (χ4n) is 2.79. The van der Waals surface area contributed by atoms with Crippen LogP contribution in [-0.2, 0) is 0 Å². The molecule has 122 valence electrons. The summed E-state index contributed by atoms with van der Waals surface area (Å²) in [4.78, 5) is 20.6. The molecule has 0 radical (unpaired) electrons. The first-order chi connectivity index (χ1) is 11.6. The molecule has 1 aromatic heterocycles. The predicted molar refractivity (Wildman–Crippen MR) is 89.9 cm³/mol. The predicted octanol–water partition coefficient (Wildman–Crippen LogP) is 1.93. The Hall–Kier alpha value is -3.07. The van der Waals surface area contributed by atoms with Gasteiger partial charge in [0, 0.05) is 32.4 Å². The van der Waals surface area contributed by atoms with Gasteiger partial charge in [-0.15, -0.1) is 0 Å². The Bertz CT molecular complexity index is 805. The van der Waals surface area contributed by atoms with Gasteiger partial charge in [0.1, 0.15) is 11.6 Å². The molecule has 1 N–H and O–H groups in total. The van der Waals surface area contributed by atoms with Crippen molar-refractivity contribution in [1.82, 2.24) is 9.88 Å². The highest BCUT2D eigenvalue weighted by Crippen LogP contribution is 2.22. The van der Waals surface area contributed by atoms with Crippen LogP contribution >= 0.6 is 0 Å². The summed E-state index contributed by atoms with van der Waals surface area (Å²) in [5.41, 5.74) is 1.82. The van der Waals surface area contributed by atoms with Gasteiger partial charge in [-0.3, -0.25) is 4.79 Å². The Balaban J connectivity index is 1.68. The molecule has 1 aliphatic heterocycles. The third-order valence-electron chi connectivity index (χ3n) is 4.15. The lowest BCUT2D eigenvalue weighted by Gasteiger charge is -2.35. The molecule has 2 aromatic rings. The van der Waals surface area contributed by atoms with Crippen LogP contribution in [0.3, 0.4) is 0 Å². The number of aromatic hydroxyl groups is 1. The van der Waals surface area contributed by atoms with Crippen LogP contribution in [0.25, 0.3) is 0 Å². The molecule has 0 spiro atoms.